The third-order valence-corrected chi connectivity index (χ3v) is 6.37. The zero-order valence-electron chi connectivity index (χ0n) is 19.8. The lowest BCUT2D eigenvalue weighted by Crippen LogP contribution is -2.52. The van der Waals surface area contributed by atoms with Gasteiger partial charge < -0.3 is 14.0 Å². The molecule has 1 amide bonds. The molecule has 32 heavy (non-hydrogen) atoms. The number of nitrogens with zero attached hydrogens (tertiary/aromatic N) is 4. The Hall–Kier alpha value is -2.64. The highest BCUT2D eigenvalue weighted by atomic mass is 16.6. The molecule has 0 radical (unpaired) electrons. The van der Waals surface area contributed by atoms with Gasteiger partial charge in [0, 0.05) is 25.2 Å². The Labute approximate surface area is 189 Å². The molecule has 4 fully saturated rings. The summed E-state index contributed by atoms with van der Waals surface area (Å²) in [5, 5.41) is 2.81. The van der Waals surface area contributed by atoms with E-state index < -0.39 is 5.54 Å². The molecule has 2 saturated heterocycles. The van der Waals surface area contributed by atoms with Gasteiger partial charge in [-0.1, -0.05) is 6.07 Å². The highest BCUT2D eigenvalue weighted by Gasteiger charge is 2.40. The molecule has 2 aromatic rings. The predicted octanol–water partition coefficient (Wildman–Crippen LogP) is 4.98. The number of hydrogen-bond acceptors (Lipinski definition) is 5. The van der Waals surface area contributed by atoms with Gasteiger partial charge in [0.05, 0.1) is 16.5 Å². The van der Waals surface area contributed by atoms with Gasteiger partial charge >= 0.3 is 6.09 Å². The molecule has 0 spiro atoms. The SMILES string of the molecule is CC(C)(C)OC(=O)N1CC2CC(C2)C1.CC(C)(NN=O)c1nc(C2CC2)c2ccccn12. The van der Waals surface area contributed by atoms with Gasteiger partial charge in [-0.3, -0.25) is 5.43 Å². The standard InChI is InChI=1S/C13H16N4O.C11H19NO2/c1-13(2,15-16-18)12-14-11(9-6-7-9)10-5-3-4-8-17(10)12;1-11(2,3)14-10(13)12-6-8-4-9(5-8)7-12/h3-5,8-9H,6-7H2,1-2H3,(H,15,18);8-9H,4-7H2,1-3H3. The van der Waals surface area contributed by atoms with E-state index in [1.807, 2.05) is 62.2 Å². The Balaban J connectivity index is 0.000000158. The number of pyridine rings is 1. The van der Waals surface area contributed by atoms with Crippen molar-refractivity contribution in [3.05, 3.63) is 40.8 Å². The van der Waals surface area contributed by atoms with E-state index in [1.54, 1.807) is 0 Å². The number of carbonyl (C=O) groups is 1. The van der Waals surface area contributed by atoms with Crippen molar-refractivity contribution in [2.45, 2.75) is 77.4 Å². The fourth-order valence-electron chi connectivity index (χ4n) is 4.67. The maximum Gasteiger partial charge on any atom is 0.410 e. The molecule has 8 heteroatoms. The lowest BCUT2D eigenvalue weighted by Gasteiger charge is -2.47. The van der Waals surface area contributed by atoms with E-state index in [2.05, 4.69) is 16.8 Å². The van der Waals surface area contributed by atoms with E-state index in [1.165, 1.54) is 25.7 Å². The van der Waals surface area contributed by atoms with Crippen LogP contribution in [0.1, 0.15) is 77.7 Å². The number of piperidine rings is 2. The van der Waals surface area contributed by atoms with Gasteiger partial charge in [0.1, 0.15) is 17.0 Å². The number of hydrogen-bond donors (Lipinski definition) is 1. The maximum absolute atomic E-state index is 11.7. The fraction of sp³-hybridized carbons (Fsp3) is 0.667. The number of nitrogens with one attached hydrogen (secondary N) is 1. The molecule has 174 valence electrons. The van der Waals surface area contributed by atoms with Crippen molar-refractivity contribution in [3.63, 3.8) is 0 Å². The smallest absolute Gasteiger partial charge is 0.410 e. The quantitative estimate of drug-likeness (QED) is 0.534. The Kier molecular flexibility index (Phi) is 5.90. The number of carbonyl (C=O) groups excluding carboxylic acids is 1. The lowest BCUT2D eigenvalue weighted by atomic mass is 9.71. The number of nitroso groups, excluding NO2 is 1. The van der Waals surface area contributed by atoms with E-state index >= 15 is 0 Å². The first-order chi connectivity index (χ1) is 15.1. The third kappa shape index (κ3) is 4.89. The molecule has 2 saturated carbocycles. The van der Waals surface area contributed by atoms with Crippen LogP contribution in [0.15, 0.2) is 29.7 Å². The Morgan fingerprint density at radius 3 is 2.34 bits per heavy atom. The third-order valence-electron chi connectivity index (χ3n) is 6.37. The van der Waals surface area contributed by atoms with Crippen LogP contribution in [0.3, 0.4) is 0 Å². The number of rotatable bonds is 4. The second-order valence-electron chi connectivity index (χ2n) is 11.0. The number of ether oxygens (including phenoxy) is 1. The fourth-order valence-corrected chi connectivity index (χ4v) is 4.67. The normalized spacial score (nSPS) is 22.5. The van der Waals surface area contributed by atoms with E-state index in [0.29, 0.717) is 5.92 Å². The van der Waals surface area contributed by atoms with Crippen molar-refractivity contribution < 1.29 is 9.53 Å². The van der Waals surface area contributed by atoms with E-state index in [-0.39, 0.29) is 11.7 Å². The number of aromatic nitrogens is 2. The van der Waals surface area contributed by atoms with E-state index in [4.69, 9.17) is 9.72 Å². The van der Waals surface area contributed by atoms with E-state index in [9.17, 15) is 9.70 Å². The minimum Gasteiger partial charge on any atom is -0.444 e. The molecule has 6 rings (SSSR count). The molecule has 4 aliphatic rings. The van der Waals surface area contributed by atoms with Crippen molar-refractivity contribution in [1.82, 2.24) is 19.7 Å². The monoisotopic (exact) mass is 441 g/mol. The van der Waals surface area contributed by atoms with Crippen LogP contribution in [0.2, 0.25) is 0 Å². The highest BCUT2D eigenvalue weighted by molar-refractivity contribution is 5.68. The molecule has 2 bridgehead atoms. The molecule has 4 heterocycles. The summed E-state index contributed by atoms with van der Waals surface area (Å²) in [6.45, 7) is 11.4. The first kappa shape index (κ1) is 22.6. The van der Waals surface area contributed by atoms with Gasteiger partial charge in [-0.25, -0.2) is 9.78 Å². The van der Waals surface area contributed by atoms with Gasteiger partial charge in [0.25, 0.3) is 0 Å². The molecule has 2 aliphatic heterocycles. The summed E-state index contributed by atoms with van der Waals surface area (Å²) in [5.41, 5.74) is 3.94. The van der Waals surface area contributed by atoms with Crippen LogP contribution in [0.5, 0.6) is 0 Å². The van der Waals surface area contributed by atoms with Gasteiger partial charge in [-0.15, -0.1) is 4.91 Å². The second-order valence-corrected chi connectivity index (χ2v) is 11.0. The summed E-state index contributed by atoms with van der Waals surface area (Å²) >= 11 is 0. The summed E-state index contributed by atoms with van der Waals surface area (Å²) in [5.74, 6) is 2.92. The molecule has 8 nitrogen and oxygen atoms in total. The molecule has 2 aromatic heterocycles. The minimum absolute atomic E-state index is 0.132. The van der Waals surface area contributed by atoms with Crippen LogP contribution >= 0.6 is 0 Å². The molecular weight excluding hydrogens is 406 g/mol. The molecule has 0 aromatic carbocycles. The second kappa shape index (κ2) is 8.37. The summed E-state index contributed by atoms with van der Waals surface area (Å²) in [6.07, 6.45) is 6.91. The summed E-state index contributed by atoms with van der Waals surface area (Å²) in [7, 11) is 0. The molecule has 2 aliphatic carbocycles. The largest absolute Gasteiger partial charge is 0.444 e. The summed E-state index contributed by atoms with van der Waals surface area (Å²) < 4.78 is 7.38. The van der Waals surface area contributed by atoms with Crippen LogP contribution < -0.4 is 5.43 Å². The van der Waals surface area contributed by atoms with Crippen molar-refractivity contribution in [1.29, 1.82) is 0 Å². The van der Waals surface area contributed by atoms with Crippen molar-refractivity contribution in [2.24, 2.45) is 17.1 Å². The van der Waals surface area contributed by atoms with Gasteiger partial charge in [-0.2, -0.15) is 0 Å². The van der Waals surface area contributed by atoms with Gasteiger partial charge in [-0.05, 0) is 84.3 Å². The van der Waals surface area contributed by atoms with E-state index in [0.717, 1.165) is 42.0 Å². The number of amides is 1. The molecule has 1 N–H and O–H groups in total. The predicted molar refractivity (Wildman–Crippen MR) is 123 cm³/mol. The Bertz CT molecular complexity index is 973. The zero-order valence-corrected chi connectivity index (χ0v) is 19.8. The van der Waals surface area contributed by atoms with Gasteiger partial charge in [0.2, 0.25) is 0 Å². The Morgan fingerprint density at radius 1 is 1.12 bits per heavy atom. The average Bonchev–Trinajstić information content (AvgIpc) is 3.46. The van der Waals surface area contributed by atoms with Crippen LogP contribution in [0, 0.1) is 16.7 Å². The summed E-state index contributed by atoms with van der Waals surface area (Å²) in [4.78, 5) is 28.8. The van der Waals surface area contributed by atoms with Gasteiger partial charge in [0.15, 0.2) is 0 Å². The Morgan fingerprint density at radius 2 is 1.78 bits per heavy atom. The number of fused-ring (bicyclic) bond motifs is 3. The number of imidazole rings is 1. The minimum atomic E-state index is -0.570. The van der Waals surface area contributed by atoms with Crippen molar-refractivity contribution in [3.8, 4) is 0 Å². The average molecular weight is 442 g/mol. The molecule has 0 unspecified atom stereocenters. The van der Waals surface area contributed by atoms with Crippen LogP contribution in [0.4, 0.5) is 4.79 Å². The maximum atomic E-state index is 11.7. The molecule has 0 atom stereocenters. The first-order valence-corrected chi connectivity index (χ1v) is 11.6. The highest BCUT2D eigenvalue weighted by Crippen LogP contribution is 2.42. The van der Waals surface area contributed by atoms with Crippen LogP contribution in [0.25, 0.3) is 5.52 Å². The van der Waals surface area contributed by atoms with Crippen LogP contribution in [-0.4, -0.2) is 39.1 Å². The topological polar surface area (TPSA) is 88.3 Å². The zero-order chi connectivity index (χ0) is 23.1. The van der Waals surface area contributed by atoms with Crippen LogP contribution in [-0.2, 0) is 10.3 Å². The van der Waals surface area contributed by atoms with Crippen molar-refractivity contribution >= 4 is 11.6 Å². The lowest BCUT2D eigenvalue weighted by molar-refractivity contribution is -0.0159. The first-order valence-electron chi connectivity index (χ1n) is 11.6. The molecular formula is C24H35N5O3. The summed E-state index contributed by atoms with van der Waals surface area (Å²) in [6, 6.07) is 6.07. The van der Waals surface area contributed by atoms with Crippen molar-refractivity contribution in [2.75, 3.05) is 13.1 Å².